The molecule has 0 bridgehead atoms. The lowest BCUT2D eigenvalue weighted by atomic mass is 10.0. The number of hydrazone groups is 1. The van der Waals surface area contributed by atoms with Gasteiger partial charge in [0.15, 0.2) is 0 Å². The number of aryl methyl sites for hydroxylation is 1. The van der Waals surface area contributed by atoms with Gasteiger partial charge in [0.25, 0.3) is 5.90 Å². The maximum absolute atomic E-state index is 12.3. The van der Waals surface area contributed by atoms with Gasteiger partial charge in [-0.1, -0.05) is 11.6 Å². The Morgan fingerprint density at radius 3 is 2.96 bits per heavy atom. The molecule has 2 aliphatic rings. The highest BCUT2D eigenvalue weighted by Gasteiger charge is 2.39. The topological polar surface area (TPSA) is 110 Å². The number of hydrogen-bond donors (Lipinski definition) is 2. The Kier molecular flexibility index (Phi) is 4.40. The molecule has 0 amide bonds. The van der Waals surface area contributed by atoms with Crippen molar-refractivity contribution in [2.24, 2.45) is 22.9 Å². The van der Waals surface area contributed by atoms with Crippen molar-refractivity contribution in [3.63, 3.8) is 0 Å². The van der Waals surface area contributed by atoms with E-state index in [4.69, 9.17) is 22.1 Å². The molecule has 4 heterocycles. The smallest absolute Gasteiger partial charge is 0.261 e. The minimum Gasteiger partial charge on any atom is -0.444 e. The lowest BCUT2D eigenvalue weighted by Gasteiger charge is -2.33. The minimum atomic E-state index is -1.27. The molecule has 2 aliphatic heterocycles. The van der Waals surface area contributed by atoms with Crippen LogP contribution < -0.4 is 11.2 Å². The normalized spacial score (nSPS) is 27.8. The lowest BCUT2D eigenvalue weighted by Crippen LogP contribution is -2.47. The molecule has 2 aromatic heterocycles. The first kappa shape index (κ1) is 18.3. The van der Waals surface area contributed by atoms with E-state index < -0.39 is 22.8 Å². The Labute approximate surface area is 167 Å². The molecule has 0 aromatic carbocycles. The Balaban J connectivity index is 1.59. The highest BCUT2D eigenvalue weighted by molar-refractivity contribution is 7.83. The van der Waals surface area contributed by atoms with E-state index in [-0.39, 0.29) is 5.96 Å². The summed E-state index contributed by atoms with van der Waals surface area (Å²) in [5, 5.41) is 9.02. The van der Waals surface area contributed by atoms with Gasteiger partial charge in [0.05, 0.1) is 20.5 Å². The molecule has 0 fully saturated rings. The largest absolute Gasteiger partial charge is 0.444 e. The van der Waals surface area contributed by atoms with Gasteiger partial charge >= 0.3 is 0 Å². The number of thiophene rings is 1. The summed E-state index contributed by atoms with van der Waals surface area (Å²) in [6.07, 6.45) is 1.35. The number of guanidine groups is 1. The van der Waals surface area contributed by atoms with E-state index in [0.29, 0.717) is 22.4 Å². The molecule has 0 radical (unpaired) electrons. The second-order valence-electron chi connectivity index (χ2n) is 6.45. The molecule has 0 aliphatic carbocycles. The third kappa shape index (κ3) is 3.19. The summed E-state index contributed by atoms with van der Waals surface area (Å²) in [7, 11) is 2.21. The van der Waals surface area contributed by atoms with Crippen LogP contribution in [0.3, 0.4) is 0 Å². The Morgan fingerprint density at radius 2 is 2.30 bits per heavy atom. The van der Waals surface area contributed by atoms with Crippen LogP contribution in [0.15, 0.2) is 28.4 Å². The van der Waals surface area contributed by atoms with Crippen molar-refractivity contribution in [3.05, 3.63) is 38.8 Å². The Morgan fingerprint density at radius 1 is 1.52 bits per heavy atom. The molecule has 0 spiro atoms. The van der Waals surface area contributed by atoms with E-state index in [2.05, 4.69) is 20.6 Å². The van der Waals surface area contributed by atoms with Crippen LogP contribution >= 0.6 is 22.9 Å². The molecule has 3 N–H and O–H groups in total. The minimum absolute atomic E-state index is 0.226. The highest BCUT2D eigenvalue weighted by Crippen LogP contribution is 2.42. The Hall–Kier alpha value is -2.11. The van der Waals surface area contributed by atoms with Gasteiger partial charge in [0, 0.05) is 20.3 Å². The number of aromatic nitrogens is 2. The Bertz CT molecular complexity index is 985. The second-order valence-corrected chi connectivity index (χ2v) is 9.42. The zero-order valence-electron chi connectivity index (χ0n) is 14.8. The summed E-state index contributed by atoms with van der Waals surface area (Å²) < 4.78 is 21.4. The van der Waals surface area contributed by atoms with Crippen molar-refractivity contribution < 1.29 is 8.95 Å². The van der Waals surface area contributed by atoms with E-state index in [1.165, 1.54) is 15.6 Å². The molecular formula is C15H18ClN7O2S2. The lowest BCUT2D eigenvalue weighted by molar-refractivity contribution is 0.195. The van der Waals surface area contributed by atoms with Crippen LogP contribution in [-0.4, -0.2) is 43.0 Å². The molecular weight excluding hydrogens is 410 g/mol. The molecule has 27 heavy (non-hydrogen) atoms. The van der Waals surface area contributed by atoms with Crippen LogP contribution in [0.25, 0.3) is 0 Å². The third-order valence-electron chi connectivity index (χ3n) is 4.29. The summed E-state index contributed by atoms with van der Waals surface area (Å²) >= 11 is 7.92. The number of ether oxygens (including phenoxy) is 1. The number of halogens is 1. The fourth-order valence-corrected chi connectivity index (χ4v) is 5.69. The summed E-state index contributed by atoms with van der Waals surface area (Å²) in [6, 6.07) is 3.64. The van der Waals surface area contributed by atoms with Crippen molar-refractivity contribution in [2.75, 3.05) is 12.8 Å². The van der Waals surface area contributed by atoms with Gasteiger partial charge in [-0.2, -0.15) is 5.10 Å². The predicted octanol–water partition coefficient (Wildman–Crippen LogP) is 1.25. The average molecular weight is 428 g/mol. The van der Waals surface area contributed by atoms with Gasteiger partial charge in [0.1, 0.15) is 22.2 Å². The SMILES string of the molecule is CN1C(N)=N[C@](C)(c2sc(C3NN=C(c4ccn(C)n4)O3)cc2Cl)CS1=O. The second kappa shape index (κ2) is 6.50. The van der Waals surface area contributed by atoms with Crippen LogP contribution in [0.5, 0.6) is 0 Å². The van der Waals surface area contributed by atoms with Gasteiger partial charge in [0.2, 0.25) is 12.2 Å². The van der Waals surface area contributed by atoms with Crippen molar-refractivity contribution in [2.45, 2.75) is 18.7 Å². The quantitative estimate of drug-likeness (QED) is 0.766. The van der Waals surface area contributed by atoms with Gasteiger partial charge < -0.3 is 10.5 Å². The molecule has 9 nitrogen and oxygen atoms in total. The number of aliphatic imine (C=N–C) groups is 1. The van der Waals surface area contributed by atoms with E-state index in [0.717, 1.165) is 9.75 Å². The third-order valence-corrected chi connectivity index (χ3v) is 7.74. The molecule has 4 rings (SSSR count). The van der Waals surface area contributed by atoms with Crippen LogP contribution in [0.2, 0.25) is 5.02 Å². The van der Waals surface area contributed by atoms with Gasteiger partial charge in [-0.05, 0) is 19.1 Å². The number of nitrogens with zero attached hydrogens (tertiary/aromatic N) is 5. The van der Waals surface area contributed by atoms with Crippen molar-refractivity contribution >= 4 is 45.8 Å². The zero-order valence-corrected chi connectivity index (χ0v) is 17.2. The zero-order chi connectivity index (χ0) is 19.3. The molecule has 0 saturated heterocycles. The van der Waals surface area contributed by atoms with Crippen molar-refractivity contribution in [1.82, 2.24) is 19.5 Å². The van der Waals surface area contributed by atoms with Crippen LogP contribution in [0.1, 0.15) is 28.6 Å². The number of nitrogens with one attached hydrogen (secondary N) is 1. The van der Waals surface area contributed by atoms with Gasteiger partial charge in [-0.15, -0.1) is 16.4 Å². The first-order valence-corrected chi connectivity index (χ1v) is 10.5. The maximum Gasteiger partial charge on any atom is 0.261 e. The number of hydrogen-bond acceptors (Lipinski definition) is 8. The standard InChI is InChI=1S/C15H18ClN7O2S2/c1-15(7-27(24)23(3)14(17)18-15)11-8(16)6-10(26-11)13-20-19-12(25-13)9-4-5-22(2)21-9/h4-6,13,20H,7H2,1-3H3,(H2,17,18)/t13?,15-,27?/m0/s1. The molecule has 144 valence electrons. The molecule has 0 saturated carbocycles. The first-order valence-electron chi connectivity index (χ1n) is 8.04. The van der Waals surface area contributed by atoms with Crippen LogP contribution in [0.4, 0.5) is 0 Å². The summed E-state index contributed by atoms with van der Waals surface area (Å²) in [5.41, 5.74) is 8.76. The fraction of sp³-hybridized carbons (Fsp3) is 0.400. The van der Waals surface area contributed by atoms with E-state index in [1.54, 1.807) is 11.7 Å². The van der Waals surface area contributed by atoms with E-state index in [1.807, 2.05) is 32.3 Å². The molecule has 2 aromatic rings. The summed E-state index contributed by atoms with van der Waals surface area (Å²) in [4.78, 5) is 6.16. The predicted molar refractivity (Wildman–Crippen MR) is 106 cm³/mol. The van der Waals surface area contributed by atoms with Crippen molar-refractivity contribution in [1.29, 1.82) is 0 Å². The van der Waals surface area contributed by atoms with Crippen LogP contribution in [-0.2, 0) is 28.3 Å². The molecule has 12 heteroatoms. The summed E-state index contributed by atoms with van der Waals surface area (Å²) in [5.74, 6) is 0.947. The molecule has 2 unspecified atom stereocenters. The van der Waals surface area contributed by atoms with E-state index in [9.17, 15) is 4.21 Å². The number of rotatable bonds is 3. The number of nitrogens with two attached hydrogens (primary N) is 1. The summed E-state index contributed by atoms with van der Waals surface area (Å²) in [6.45, 7) is 1.88. The maximum atomic E-state index is 12.3. The van der Waals surface area contributed by atoms with E-state index >= 15 is 0 Å². The van der Waals surface area contributed by atoms with Crippen molar-refractivity contribution in [3.8, 4) is 0 Å². The van der Waals surface area contributed by atoms with Gasteiger partial charge in [-0.25, -0.2) is 9.20 Å². The highest BCUT2D eigenvalue weighted by atomic mass is 35.5. The monoisotopic (exact) mass is 427 g/mol. The average Bonchev–Trinajstić information content (AvgIpc) is 3.31. The first-order chi connectivity index (χ1) is 12.8. The molecule has 3 atom stereocenters. The van der Waals surface area contributed by atoms with Crippen LogP contribution in [0, 0.1) is 0 Å². The van der Waals surface area contributed by atoms with Gasteiger partial charge in [-0.3, -0.25) is 14.4 Å². The fourth-order valence-electron chi connectivity index (χ4n) is 2.85.